The first kappa shape index (κ1) is 11.5. The van der Waals surface area contributed by atoms with Crippen LogP contribution in [0.3, 0.4) is 0 Å². The van der Waals surface area contributed by atoms with Crippen molar-refractivity contribution in [2.75, 3.05) is 13.2 Å². The predicted molar refractivity (Wildman–Crippen MR) is 54.9 cm³/mol. The average molecular weight is 228 g/mol. The molecule has 1 saturated heterocycles. The smallest absolute Gasteiger partial charge is 0.159 e. The van der Waals surface area contributed by atoms with Crippen LogP contribution < -0.4 is 0 Å². The molecule has 0 amide bonds. The molecule has 0 radical (unpaired) electrons. The Morgan fingerprint density at radius 2 is 2.12 bits per heavy atom. The van der Waals surface area contributed by atoms with E-state index in [0.717, 1.165) is 25.0 Å². The van der Waals surface area contributed by atoms with Crippen LogP contribution in [0.4, 0.5) is 8.78 Å². The van der Waals surface area contributed by atoms with Gasteiger partial charge in [0.2, 0.25) is 0 Å². The van der Waals surface area contributed by atoms with Gasteiger partial charge in [-0.25, -0.2) is 8.78 Å². The summed E-state index contributed by atoms with van der Waals surface area (Å²) in [5, 5.41) is 9.20. The summed E-state index contributed by atoms with van der Waals surface area (Å²) in [4.78, 5) is 0. The van der Waals surface area contributed by atoms with Crippen molar-refractivity contribution in [2.45, 2.75) is 18.9 Å². The average Bonchev–Trinajstić information content (AvgIpc) is 2.32. The van der Waals surface area contributed by atoms with Gasteiger partial charge in [-0.3, -0.25) is 0 Å². The molecule has 0 bridgehead atoms. The molecule has 0 aromatic heterocycles. The predicted octanol–water partition coefficient (Wildman–Crippen LogP) is 2.42. The molecule has 1 fully saturated rings. The van der Waals surface area contributed by atoms with Crippen LogP contribution in [0, 0.1) is 17.6 Å². The molecule has 1 aliphatic heterocycles. The highest BCUT2D eigenvalue weighted by molar-refractivity contribution is 5.21. The van der Waals surface area contributed by atoms with E-state index in [4.69, 9.17) is 4.74 Å². The first-order chi connectivity index (χ1) is 7.72. The molecule has 1 aliphatic rings. The second-order valence-corrected chi connectivity index (χ2v) is 4.05. The number of hydrogen-bond acceptors (Lipinski definition) is 2. The number of hydrogen-bond donors (Lipinski definition) is 1. The van der Waals surface area contributed by atoms with E-state index in [1.807, 2.05) is 0 Å². The maximum atomic E-state index is 13.1. The Morgan fingerprint density at radius 1 is 1.31 bits per heavy atom. The van der Waals surface area contributed by atoms with Crippen LogP contribution in [0.5, 0.6) is 0 Å². The van der Waals surface area contributed by atoms with E-state index in [0.29, 0.717) is 12.2 Å². The highest BCUT2D eigenvalue weighted by Gasteiger charge is 2.27. The molecule has 1 aromatic carbocycles. The molecule has 0 aliphatic carbocycles. The first-order valence-electron chi connectivity index (χ1n) is 5.40. The van der Waals surface area contributed by atoms with Gasteiger partial charge in [-0.15, -0.1) is 0 Å². The first-order valence-corrected chi connectivity index (χ1v) is 5.40. The highest BCUT2D eigenvalue weighted by Crippen LogP contribution is 2.33. The summed E-state index contributed by atoms with van der Waals surface area (Å²) in [6.07, 6.45) is 1.42. The van der Waals surface area contributed by atoms with Gasteiger partial charge in [-0.05, 0) is 30.5 Å². The summed E-state index contributed by atoms with van der Waals surface area (Å²) >= 11 is 0. The van der Waals surface area contributed by atoms with Crippen molar-refractivity contribution in [1.82, 2.24) is 0 Å². The van der Waals surface area contributed by atoms with Crippen LogP contribution in [0.25, 0.3) is 0 Å². The van der Waals surface area contributed by atoms with Crippen LogP contribution in [0.1, 0.15) is 24.5 Å². The van der Waals surface area contributed by atoms with Crippen LogP contribution in [0.2, 0.25) is 0 Å². The molecule has 2 unspecified atom stereocenters. The van der Waals surface area contributed by atoms with E-state index in [1.54, 1.807) is 0 Å². The molecule has 2 rings (SSSR count). The van der Waals surface area contributed by atoms with Crippen LogP contribution in [-0.4, -0.2) is 18.3 Å². The van der Waals surface area contributed by atoms with Crippen molar-refractivity contribution in [2.24, 2.45) is 5.92 Å². The summed E-state index contributed by atoms with van der Waals surface area (Å²) in [5.74, 6) is -1.76. The summed E-state index contributed by atoms with van der Waals surface area (Å²) in [6, 6.07) is 3.75. The molecular formula is C12H14F2O2. The third-order valence-electron chi connectivity index (χ3n) is 2.95. The third-order valence-corrected chi connectivity index (χ3v) is 2.95. The van der Waals surface area contributed by atoms with E-state index >= 15 is 0 Å². The fraction of sp³-hybridized carbons (Fsp3) is 0.500. The fourth-order valence-corrected chi connectivity index (χ4v) is 2.09. The Labute approximate surface area is 92.9 Å². The molecule has 1 N–H and O–H groups in total. The number of aliphatic hydroxyl groups excluding tert-OH is 1. The Morgan fingerprint density at radius 3 is 2.81 bits per heavy atom. The number of rotatable bonds is 2. The van der Waals surface area contributed by atoms with Gasteiger partial charge in [0.25, 0.3) is 0 Å². The fourth-order valence-electron chi connectivity index (χ4n) is 2.09. The van der Waals surface area contributed by atoms with E-state index in [-0.39, 0.29) is 18.6 Å². The molecule has 1 aromatic rings. The van der Waals surface area contributed by atoms with Crippen LogP contribution in [0.15, 0.2) is 18.2 Å². The molecule has 0 spiro atoms. The molecular weight excluding hydrogens is 214 g/mol. The normalized spacial score (nSPS) is 25.7. The topological polar surface area (TPSA) is 29.5 Å². The zero-order valence-electron chi connectivity index (χ0n) is 8.83. The monoisotopic (exact) mass is 228 g/mol. The molecule has 16 heavy (non-hydrogen) atoms. The van der Waals surface area contributed by atoms with Crippen molar-refractivity contribution in [3.05, 3.63) is 35.4 Å². The Balaban J connectivity index is 2.23. The Kier molecular flexibility index (Phi) is 3.51. The van der Waals surface area contributed by atoms with Crippen molar-refractivity contribution in [1.29, 1.82) is 0 Å². The summed E-state index contributed by atoms with van der Waals surface area (Å²) < 4.78 is 31.4. The van der Waals surface area contributed by atoms with Crippen LogP contribution >= 0.6 is 0 Å². The summed E-state index contributed by atoms with van der Waals surface area (Å²) in [7, 11) is 0. The number of ether oxygens (including phenoxy) is 1. The zero-order chi connectivity index (χ0) is 11.5. The van der Waals surface area contributed by atoms with E-state index in [9.17, 15) is 13.9 Å². The van der Waals surface area contributed by atoms with Gasteiger partial charge in [0.1, 0.15) is 0 Å². The SMILES string of the molecule is OCC1CCCOC1c1ccc(F)c(F)c1. The van der Waals surface area contributed by atoms with Crippen molar-refractivity contribution >= 4 is 0 Å². The molecule has 1 heterocycles. The molecule has 4 heteroatoms. The lowest BCUT2D eigenvalue weighted by molar-refractivity contribution is -0.0458. The lowest BCUT2D eigenvalue weighted by atomic mass is 9.90. The number of halogens is 2. The maximum Gasteiger partial charge on any atom is 0.159 e. The second-order valence-electron chi connectivity index (χ2n) is 4.05. The van der Waals surface area contributed by atoms with Crippen molar-refractivity contribution in [3.8, 4) is 0 Å². The van der Waals surface area contributed by atoms with Crippen LogP contribution in [-0.2, 0) is 4.74 Å². The van der Waals surface area contributed by atoms with Crippen molar-refractivity contribution < 1.29 is 18.6 Å². The largest absolute Gasteiger partial charge is 0.396 e. The molecule has 2 atom stereocenters. The maximum absolute atomic E-state index is 13.1. The minimum Gasteiger partial charge on any atom is -0.396 e. The van der Waals surface area contributed by atoms with Crippen molar-refractivity contribution in [3.63, 3.8) is 0 Å². The Hall–Kier alpha value is -1.00. The zero-order valence-corrected chi connectivity index (χ0v) is 8.83. The lowest BCUT2D eigenvalue weighted by Crippen LogP contribution is -2.25. The number of aliphatic hydroxyl groups is 1. The Bertz CT molecular complexity index is 368. The molecule has 2 nitrogen and oxygen atoms in total. The van der Waals surface area contributed by atoms with Gasteiger partial charge in [-0.2, -0.15) is 0 Å². The summed E-state index contributed by atoms with van der Waals surface area (Å²) in [6.45, 7) is 0.601. The highest BCUT2D eigenvalue weighted by atomic mass is 19.2. The van der Waals surface area contributed by atoms with Gasteiger partial charge in [0.05, 0.1) is 6.10 Å². The quantitative estimate of drug-likeness (QED) is 0.842. The van der Waals surface area contributed by atoms with Gasteiger partial charge in [0.15, 0.2) is 11.6 Å². The third kappa shape index (κ3) is 2.23. The van der Waals surface area contributed by atoms with Gasteiger partial charge < -0.3 is 9.84 Å². The summed E-state index contributed by atoms with van der Waals surface area (Å²) in [5.41, 5.74) is 0.595. The van der Waals surface area contributed by atoms with E-state index in [1.165, 1.54) is 6.07 Å². The minimum absolute atomic E-state index is 0.00363. The second kappa shape index (κ2) is 4.89. The lowest BCUT2D eigenvalue weighted by Gasteiger charge is -2.30. The van der Waals surface area contributed by atoms with Gasteiger partial charge >= 0.3 is 0 Å². The molecule has 0 saturated carbocycles. The van der Waals surface area contributed by atoms with Gasteiger partial charge in [-0.1, -0.05) is 6.07 Å². The molecule has 88 valence electrons. The van der Waals surface area contributed by atoms with E-state index in [2.05, 4.69) is 0 Å². The van der Waals surface area contributed by atoms with E-state index < -0.39 is 11.6 Å². The minimum atomic E-state index is -0.872. The number of benzene rings is 1. The van der Waals surface area contributed by atoms with Gasteiger partial charge in [0, 0.05) is 19.1 Å². The standard InChI is InChI=1S/C12H14F2O2/c13-10-4-3-8(6-11(10)14)12-9(7-15)2-1-5-16-12/h3-4,6,9,12,15H,1-2,5,7H2.